The highest BCUT2D eigenvalue weighted by atomic mass is 32.1. The third-order valence-corrected chi connectivity index (χ3v) is 3.52. The summed E-state index contributed by atoms with van der Waals surface area (Å²) in [5, 5.41) is 11.6. The normalized spacial score (nSPS) is 10.9. The third kappa shape index (κ3) is 2.25. The molecule has 0 unspecified atom stereocenters. The first-order valence-corrected chi connectivity index (χ1v) is 6.54. The second kappa shape index (κ2) is 4.97. The number of thiophene rings is 1. The number of hydrogen-bond donors (Lipinski definition) is 1. The van der Waals surface area contributed by atoms with E-state index in [9.17, 15) is 13.6 Å². The van der Waals surface area contributed by atoms with Gasteiger partial charge < -0.3 is 5.32 Å². The van der Waals surface area contributed by atoms with Gasteiger partial charge in [-0.25, -0.2) is 13.6 Å². The molecule has 3 rings (SSSR count). The molecule has 1 amide bonds. The molecule has 1 N–H and O–H groups in total. The van der Waals surface area contributed by atoms with Gasteiger partial charge in [-0.3, -0.25) is 0 Å². The molecule has 2 heterocycles. The van der Waals surface area contributed by atoms with Crippen molar-refractivity contribution < 1.29 is 13.6 Å². The Bertz CT molecular complexity index is 769. The molecule has 0 aliphatic carbocycles. The van der Waals surface area contributed by atoms with Crippen molar-refractivity contribution in [1.29, 1.82) is 0 Å². The zero-order chi connectivity index (χ0) is 14.1. The van der Waals surface area contributed by atoms with Gasteiger partial charge in [0.25, 0.3) is 0 Å². The summed E-state index contributed by atoms with van der Waals surface area (Å²) >= 11 is 1.49. The van der Waals surface area contributed by atoms with E-state index in [0.717, 1.165) is 15.6 Å². The molecule has 0 bridgehead atoms. The zero-order valence-corrected chi connectivity index (χ0v) is 10.8. The van der Waals surface area contributed by atoms with Crippen LogP contribution in [-0.2, 0) is 6.54 Å². The number of fused-ring (bicyclic) bond motifs is 1. The Morgan fingerprint density at radius 3 is 3.00 bits per heavy atom. The van der Waals surface area contributed by atoms with Crippen LogP contribution in [0.25, 0.3) is 11.0 Å². The molecule has 5 nitrogen and oxygen atoms in total. The molecular formula is C12H8F2N4OS. The standard InChI is InChI=1S/C12H8F2N4OS/c13-7-4-9(14)11-10(5-7)16-17-18(11)12(19)15-6-8-2-1-3-20-8/h1-5H,6H2,(H,15,19). The average molecular weight is 294 g/mol. The maximum Gasteiger partial charge on any atom is 0.344 e. The van der Waals surface area contributed by atoms with Gasteiger partial charge in [-0.15, -0.1) is 16.4 Å². The molecule has 0 aliphatic heterocycles. The third-order valence-electron chi connectivity index (χ3n) is 2.65. The van der Waals surface area contributed by atoms with Crippen molar-refractivity contribution in [2.24, 2.45) is 0 Å². The van der Waals surface area contributed by atoms with Crippen LogP contribution in [-0.4, -0.2) is 21.0 Å². The van der Waals surface area contributed by atoms with Crippen molar-refractivity contribution in [3.8, 4) is 0 Å². The number of benzene rings is 1. The number of nitrogens with one attached hydrogen (secondary N) is 1. The van der Waals surface area contributed by atoms with E-state index in [1.807, 2.05) is 17.5 Å². The van der Waals surface area contributed by atoms with Crippen LogP contribution in [0.4, 0.5) is 13.6 Å². The second-order valence-electron chi connectivity index (χ2n) is 3.99. The van der Waals surface area contributed by atoms with Gasteiger partial charge in [0.2, 0.25) is 0 Å². The number of amides is 1. The van der Waals surface area contributed by atoms with Gasteiger partial charge in [-0.1, -0.05) is 11.3 Å². The number of aromatic nitrogens is 3. The van der Waals surface area contributed by atoms with Crippen molar-refractivity contribution in [2.75, 3.05) is 0 Å². The minimum absolute atomic E-state index is 0.00577. The number of hydrogen-bond acceptors (Lipinski definition) is 4. The molecule has 0 radical (unpaired) electrons. The highest BCUT2D eigenvalue weighted by molar-refractivity contribution is 7.09. The number of carbonyl (C=O) groups is 1. The van der Waals surface area contributed by atoms with Crippen LogP contribution < -0.4 is 5.32 Å². The first-order chi connectivity index (χ1) is 9.65. The van der Waals surface area contributed by atoms with Crippen LogP contribution in [0.15, 0.2) is 29.6 Å². The fourth-order valence-electron chi connectivity index (χ4n) is 1.77. The lowest BCUT2D eigenvalue weighted by Crippen LogP contribution is -2.28. The van der Waals surface area contributed by atoms with Crippen molar-refractivity contribution in [2.45, 2.75) is 6.54 Å². The van der Waals surface area contributed by atoms with E-state index in [-0.39, 0.29) is 11.0 Å². The van der Waals surface area contributed by atoms with Gasteiger partial charge in [0.15, 0.2) is 5.82 Å². The Balaban J connectivity index is 1.88. The van der Waals surface area contributed by atoms with Crippen molar-refractivity contribution in [3.63, 3.8) is 0 Å². The van der Waals surface area contributed by atoms with Crippen molar-refractivity contribution in [3.05, 3.63) is 46.2 Å². The molecular weight excluding hydrogens is 286 g/mol. The largest absolute Gasteiger partial charge is 0.344 e. The number of halogens is 2. The average Bonchev–Trinajstić information content (AvgIpc) is 3.04. The summed E-state index contributed by atoms with van der Waals surface area (Å²) in [6.07, 6.45) is 0. The summed E-state index contributed by atoms with van der Waals surface area (Å²) in [5.41, 5.74) is -0.149. The van der Waals surface area contributed by atoms with E-state index in [4.69, 9.17) is 0 Å². The van der Waals surface area contributed by atoms with Gasteiger partial charge >= 0.3 is 6.03 Å². The van der Waals surface area contributed by atoms with Gasteiger partial charge in [0.05, 0.1) is 6.54 Å². The Morgan fingerprint density at radius 1 is 1.40 bits per heavy atom. The maximum absolute atomic E-state index is 13.7. The molecule has 3 aromatic rings. The van der Waals surface area contributed by atoms with Crippen LogP contribution in [0.2, 0.25) is 0 Å². The minimum atomic E-state index is -0.878. The monoisotopic (exact) mass is 294 g/mol. The summed E-state index contributed by atoms with van der Waals surface area (Å²) < 4.78 is 27.5. The van der Waals surface area contributed by atoms with E-state index in [0.29, 0.717) is 12.6 Å². The Morgan fingerprint density at radius 2 is 2.25 bits per heavy atom. The summed E-state index contributed by atoms with van der Waals surface area (Å²) in [6.45, 7) is 0.306. The molecule has 20 heavy (non-hydrogen) atoms. The maximum atomic E-state index is 13.7. The quantitative estimate of drug-likeness (QED) is 0.790. The molecule has 0 saturated carbocycles. The first kappa shape index (κ1) is 12.7. The highest BCUT2D eigenvalue weighted by Crippen LogP contribution is 2.17. The molecule has 0 aliphatic rings. The van der Waals surface area contributed by atoms with E-state index in [2.05, 4.69) is 15.6 Å². The summed E-state index contributed by atoms with van der Waals surface area (Å²) in [7, 11) is 0. The van der Waals surface area contributed by atoms with Crippen molar-refractivity contribution >= 4 is 28.4 Å². The molecule has 0 fully saturated rings. The van der Waals surface area contributed by atoms with Crippen LogP contribution in [0, 0.1) is 11.6 Å². The van der Waals surface area contributed by atoms with Crippen LogP contribution in [0.5, 0.6) is 0 Å². The van der Waals surface area contributed by atoms with Gasteiger partial charge in [-0.05, 0) is 11.4 Å². The topological polar surface area (TPSA) is 59.8 Å². The van der Waals surface area contributed by atoms with Crippen LogP contribution in [0.3, 0.4) is 0 Å². The summed E-state index contributed by atoms with van der Waals surface area (Å²) in [4.78, 5) is 12.9. The van der Waals surface area contributed by atoms with Gasteiger partial charge in [-0.2, -0.15) is 4.68 Å². The minimum Gasteiger partial charge on any atom is -0.331 e. The smallest absolute Gasteiger partial charge is 0.331 e. The molecule has 2 aromatic heterocycles. The molecule has 8 heteroatoms. The fraction of sp³-hybridized carbons (Fsp3) is 0.0833. The number of rotatable bonds is 2. The predicted octanol–water partition coefficient (Wildman–Crippen LogP) is 2.53. The lowest BCUT2D eigenvalue weighted by molar-refractivity contribution is 0.239. The molecule has 1 aromatic carbocycles. The summed E-state index contributed by atoms with van der Waals surface area (Å²) in [5.74, 6) is -1.64. The highest BCUT2D eigenvalue weighted by Gasteiger charge is 2.16. The van der Waals surface area contributed by atoms with Crippen LogP contribution >= 0.6 is 11.3 Å². The summed E-state index contributed by atoms with van der Waals surface area (Å²) in [6, 6.07) is 4.81. The second-order valence-corrected chi connectivity index (χ2v) is 5.03. The van der Waals surface area contributed by atoms with E-state index in [1.165, 1.54) is 11.3 Å². The molecule has 0 atom stereocenters. The molecule has 0 spiro atoms. The Hall–Kier alpha value is -2.35. The van der Waals surface area contributed by atoms with Crippen LogP contribution in [0.1, 0.15) is 4.88 Å². The Kier molecular flexibility index (Phi) is 3.15. The Labute approximate surface area is 115 Å². The first-order valence-electron chi connectivity index (χ1n) is 5.66. The van der Waals surface area contributed by atoms with E-state index >= 15 is 0 Å². The van der Waals surface area contributed by atoms with E-state index < -0.39 is 17.7 Å². The number of carbonyl (C=O) groups excluding carboxylic acids is 1. The number of nitrogens with zero attached hydrogens (tertiary/aromatic N) is 3. The van der Waals surface area contributed by atoms with Gasteiger partial charge in [0, 0.05) is 17.0 Å². The molecule has 102 valence electrons. The zero-order valence-electron chi connectivity index (χ0n) is 10.0. The van der Waals surface area contributed by atoms with E-state index in [1.54, 1.807) is 0 Å². The SMILES string of the molecule is O=C(NCc1cccs1)n1nnc2cc(F)cc(F)c21. The lowest BCUT2D eigenvalue weighted by Gasteiger charge is -2.04. The van der Waals surface area contributed by atoms with Gasteiger partial charge in [0.1, 0.15) is 16.9 Å². The lowest BCUT2D eigenvalue weighted by atomic mass is 10.3. The molecule has 0 saturated heterocycles. The van der Waals surface area contributed by atoms with Crippen molar-refractivity contribution in [1.82, 2.24) is 20.3 Å². The fourth-order valence-corrected chi connectivity index (χ4v) is 2.41. The predicted molar refractivity (Wildman–Crippen MR) is 69.4 cm³/mol.